The van der Waals surface area contributed by atoms with Crippen LogP contribution in [0.1, 0.15) is 28.1 Å². The Morgan fingerprint density at radius 1 is 0.794 bits per heavy atom. The SMILES string of the molecule is Fc1c(Cc2ccccc2)nn(CCOCc2ccccc2)c1Cc1ccccc1.N[SH](=O)=O. The lowest BCUT2D eigenvalue weighted by molar-refractivity contribution is 0.110. The lowest BCUT2D eigenvalue weighted by Crippen LogP contribution is -2.11. The summed E-state index contributed by atoms with van der Waals surface area (Å²) < 4.78 is 40.5. The smallest absolute Gasteiger partial charge is 0.198 e. The number of thiol groups is 1. The molecule has 178 valence electrons. The molecule has 0 unspecified atom stereocenters. The van der Waals surface area contributed by atoms with E-state index in [1.807, 2.05) is 91.0 Å². The summed E-state index contributed by atoms with van der Waals surface area (Å²) in [4.78, 5) is 0. The van der Waals surface area contributed by atoms with Crippen LogP contribution in [0.25, 0.3) is 0 Å². The molecule has 3 aromatic carbocycles. The van der Waals surface area contributed by atoms with Crippen LogP contribution in [-0.4, -0.2) is 24.8 Å². The van der Waals surface area contributed by atoms with Gasteiger partial charge in [0.25, 0.3) is 0 Å². The highest BCUT2D eigenvalue weighted by Crippen LogP contribution is 2.20. The summed E-state index contributed by atoms with van der Waals surface area (Å²) >= 11 is 0. The van der Waals surface area contributed by atoms with Crippen LogP contribution < -0.4 is 5.14 Å². The molecule has 0 amide bonds. The fraction of sp³-hybridized carbons (Fsp3) is 0.192. The van der Waals surface area contributed by atoms with E-state index in [9.17, 15) is 0 Å². The van der Waals surface area contributed by atoms with Crippen LogP contribution in [0.2, 0.25) is 0 Å². The molecule has 8 heteroatoms. The van der Waals surface area contributed by atoms with Gasteiger partial charge in [-0.2, -0.15) is 5.10 Å². The quantitative estimate of drug-likeness (QED) is 0.280. The summed E-state index contributed by atoms with van der Waals surface area (Å²) in [7, 11) is -2.62. The lowest BCUT2D eigenvalue weighted by atomic mass is 10.1. The van der Waals surface area contributed by atoms with Crippen LogP contribution in [0.3, 0.4) is 0 Å². The monoisotopic (exact) mass is 481 g/mol. The Morgan fingerprint density at radius 3 is 1.79 bits per heavy atom. The van der Waals surface area contributed by atoms with Crippen molar-refractivity contribution in [3.63, 3.8) is 0 Å². The van der Waals surface area contributed by atoms with Gasteiger partial charge < -0.3 is 4.74 Å². The average Bonchev–Trinajstić information content (AvgIpc) is 3.12. The minimum Gasteiger partial charge on any atom is -0.375 e. The first kappa shape index (κ1) is 25.3. The summed E-state index contributed by atoms with van der Waals surface area (Å²) in [5.74, 6) is -0.217. The maximum Gasteiger partial charge on any atom is 0.198 e. The first-order valence-corrected chi connectivity index (χ1v) is 12.1. The zero-order chi connectivity index (χ0) is 24.2. The van der Waals surface area contributed by atoms with Gasteiger partial charge in [0.1, 0.15) is 5.69 Å². The lowest BCUT2D eigenvalue weighted by Gasteiger charge is -2.09. The number of ether oxygens (including phenoxy) is 1. The Labute approximate surface area is 200 Å². The Balaban J connectivity index is 0.000000751. The van der Waals surface area contributed by atoms with Gasteiger partial charge in [-0.15, -0.1) is 0 Å². The maximum atomic E-state index is 15.3. The van der Waals surface area contributed by atoms with Crippen LogP contribution in [0.5, 0.6) is 0 Å². The highest BCUT2D eigenvalue weighted by Gasteiger charge is 2.18. The summed E-state index contributed by atoms with van der Waals surface area (Å²) in [5, 5.41) is 8.67. The van der Waals surface area contributed by atoms with Crippen LogP contribution in [0, 0.1) is 5.82 Å². The predicted octanol–water partition coefficient (Wildman–Crippen LogP) is 3.89. The van der Waals surface area contributed by atoms with E-state index in [4.69, 9.17) is 13.2 Å². The minimum atomic E-state index is -2.62. The third-order valence-corrected chi connectivity index (χ3v) is 5.05. The van der Waals surface area contributed by atoms with Crippen molar-refractivity contribution < 1.29 is 17.5 Å². The van der Waals surface area contributed by atoms with Gasteiger partial charge in [0.2, 0.25) is 0 Å². The van der Waals surface area contributed by atoms with E-state index in [0.29, 0.717) is 44.0 Å². The Bertz CT molecular complexity index is 1210. The molecule has 0 aliphatic heterocycles. The molecule has 4 rings (SSSR count). The molecule has 0 spiro atoms. The van der Waals surface area contributed by atoms with E-state index >= 15 is 4.39 Å². The van der Waals surface area contributed by atoms with E-state index in [2.05, 4.69) is 10.2 Å². The van der Waals surface area contributed by atoms with Crippen LogP contribution >= 0.6 is 0 Å². The van der Waals surface area contributed by atoms with Crippen molar-refractivity contribution in [2.75, 3.05) is 6.61 Å². The zero-order valence-electron chi connectivity index (χ0n) is 18.7. The number of nitrogens with two attached hydrogens (primary N) is 1. The van der Waals surface area contributed by atoms with Crippen molar-refractivity contribution in [1.29, 1.82) is 0 Å². The molecule has 1 aromatic heterocycles. The third kappa shape index (κ3) is 8.22. The molecule has 0 saturated carbocycles. The third-order valence-electron chi connectivity index (χ3n) is 5.05. The zero-order valence-corrected chi connectivity index (χ0v) is 19.6. The van der Waals surface area contributed by atoms with Gasteiger partial charge in [0.15, 0.2) is 16.7 Å². The first-order chi connectivity index (χ1) is 16.5. The highest BCUT2D eigenvalue weighted by atomic mass is 32.2. The first-order valence-electron chi connectivity index (χ1n) is 10.9. The number of halogens is 1. The second kappa shape index (κ2) is 13.4. The second-order valence-electron chi connectivity index (χ2n) is 7.58. The molecule has 0 saturated heterocycles. The number of hydrogen-bond donors (Lipinski definition) is 2. The Hall–Kier alpha value is -3.33. The van der Waals surface area contributed by atoms with Crippen molar-refractivity contribution in [3.8, 4) is 0 Å². The predicted molar refractivity (Wildman–Crippen MR) is 131 cm³/mol. The molecule has 1 heterocycles. The molecular formula is C26H28FN3O3S. The second-order valence-corrected chi connectivity index (χ2v) is 8.15. The van der Waals surface area contributed by atoms with Gasteiger partial charge in [-0.05, 0) is 16.7 Å². The van der Waals surface area contributed by atoms with E-state index in [-0.39, 0.29) is 5.82 Å². The van der Waals surface area contributed by atoms with Crippen LogP contribution in [-0.2, 0) is 41.6 Å². The fourth-order valence-corrected chi connectivity index (χ4v) is 3.49. The topological polar surface area (TPSA) is 87.2 Å². The molecule has 0 radical (unpaired) electrons. The van der Waals surface area contributed by atoms with Gasteiger partial charge in [-0.3, -0.25) is 4.68 Å². The molecule has 34 heavy (non-hydrogen) atoms. The van der Waals surface area contributed by atoms with Gasteiger partial charge in [0, 0.05) is 12.8 Å². The number of hydrogen-bond acceptors (Lipinski definition) is 4. The number of rotatable bonds is 9. The van der Waals surface area contributed by atoms with E-state index < -0.39 is 10.9 Å². The van der Waals surface area contributed by atoms with Crippen molar-refractivity contribution in [1.82, 2.24) is 9.78 Å². The highest BCUT2D eigenvalue weighted by molar-refractivity contribution is 7.69. The van der Waals surface area contributed by atoms with E-state index in [0.717, 1.165) is 16.7 Å². The standard InChI is InChI=1S/C26H25FN2O.H3NO2S/c27-26-24(18-21-10-4-1-5-11-21)28-29(25(26)19-22-12-6-2-7-13-22)16-17-30-20-23-14-8-3-9-15-23;1-4(2)3/h1-15H,16-20H2;4H,(H2,1,2,3). The average molecular weight is 482 g/mol. The molecule has 0 aliphatic carbocycles. The van der Waals surface area contributed by atoms with Crippen LogP contribution in [0.4, 0.5) is 4.39 Å². The van der Waals surface area contributed by atoms with Crippen LogP contribution in [0.15, 0.2) is 91.0 Å². The normalized spacial score (nSPS) is 10.7. The molecule has 0 aliphatic rings. The summed E-state index contributed by atoms with van der Waals surface area (Å²) in [6, 6.07) is 29.9. The molecule has 0 atom stereocenters. The van der Waals surface area contributed by atoms with Crippen molar-refractivity contribution in [3.05, 3.63) is 125 Å². The Morgan fingerprint density at radius 2 is 1.26 bits per heavy atom. The van der Waals surface area contributed by atoms with E-state index in [1.54, 1.807) is 4.68 Å². The van der Waals surface area contributed by atoms with Crippen molar-refractivity contribution in [2.24, 2.45) is 5.14 Å². The molecule has 4 aromatic rings. The number of benzene rings is 3. The van der Waals surface area contributed by atoms with Crippen molar-refractivity contribution in [2.45, 2.75) is 26.0 Å². The van der Waals surface area contributed by atoms with Crippen molar-refractivity contribution >= 4 is 10.9 Å². The molecular weight excluding hydrogens is 453 g/mol. The van der Waals surface area contributed by atoms with Gasteiger partial charge in [-0.25, -0.2) is 17.9 Å². The summed E-state index contributed by atoms with van der Waals surface area (Å²) in [5.41, 5.74) is 4.32. The molecule has 2 N–H and O–H groups in total. The Kier molecular flexibility index (Phi) is 9.97. The molecule has 0 fully saturated rings. The minimum absolute atomic E-state index is 0.217. The number of aromatic nitrogens is 2. The van der Waals surface area contributed by atoms with Gasteiger partial charge >= 0.3 is 0 Å². The van der Waals surface area contributed by atoms with E-state index in [1.165, 1.54) is 0 Å². The van der Waals surface area contributed by atoms with Gasteiger partial charge in [-0.1, -0.05) is 91.0 Å². The fourth-order valence-electron chi connectivity index (χ4n) is 3.49. The number of nitrogens with zero attached hydrogens (tertiary/aromatic N) is 2. The summed E-state index contributed by atoms with van der Waals surface area (Å²) in [6.07, 6.45) is 0.986. The van der Waals surface area contributed by atoms with Gasteiger partial charge in [0.05, 0.1) is 25.5 Å². The summed E-state index contributed by atoms with van der Waals surface area (Å²) in [6.45, 7) is 1.53. The maximum absolute atomic E-state index is 15.3. The molecule has 0 bridgehead atoms. The molecule has 6 nitrogen and oxygen atoms in total. The largest absolute Gasteiger partial charge is 0.375 e.